The summed E-state index contributed by atoms with van der Waals surface area (Å²) in [5, 5.41) is 0.120. The third kappa shape index (κ3) is 2.94. The number of hydrogen-bond acceptors (Lipinski definition) is 7. The molecule has 0 N–H and O–H groups in total. The molecule has 8 heteroatoms. The fourth-order valence-corrected chi connectivity index (χ4v) is 3.25. The number of nitrogens with zero attached hydrogens (tertiary/aromatic N) is 1. The van der Waals surface area contributed by atoms with Gasteiger partial charge in [-0.05, 0) is 19.4 Å². The van der Waals surface area contributed by atoms with Crippen LogP contribution >= 0.6 is 11.8 Å². The van der Waals surface area contributed by atoms with Gasteiger partial charge < -0.3 is 9.47 Å². The minimum absolute atomic E-state index is 0.0253. The number of amides is 1. The first-order valence-electron chi connectivity index (χ1n) is 6.84. The van der Waals surface area contributed by atoms with Crippen LogP contribution in [0.4, 0.5) is 0 Å². The van der Waals surface area contributed by atoms with E-state index in [0.717, 1.165) is 16.7 Å². The summed E-state index contributed by atoms with van der Waals surface area (Å²) < 4.78 is 9.79. The van der Waals surface area contributed by atoms with Crippen molar-refractivity contribution in [3.05, 3.63) is 34.5 Å². The number of esters is 2. The van der Waals surface area contributed by atoms with Crippen LogP contribution in [-0.2, 0) is 28.7 Å². The van der Waals surface area contributed by atoms with Gasteiger partial charge in [-0.1, -0.05) is 12.7 Å². The Morgan fingerprint density at radius 1 is 1.30 bits per heavy atom. The van der Waals surface area contributed by atoms with Gasteiger partial charge in [-0.15, -0.1) is 11.8 Å². The van der Waals surface area contributed by atoms with Crippen LogP contribution < -0.4 is 0 Å². The largest absolute Gasteiger partial charge is 0.462 e. The van der Waals surface area contributed by atoms with Gasteiger partial charge in [0.1, 0.15) is 22.9 Å². The number of ether oxygens (including phenoxy) is 2. The minimum atomic E-state index is -0.977. The maximum Gasteiger partial charge on any atom is 0.355 e. The van der Waals surface area contributed by atoms with Crippen molar-refractivity contribution in [3.63, 3.8) is 0 Å². The van der Waals surface area contributed by atoms with E-state index in [1.807, 2.05) is 0 Å². The van der Waals surface area contributed by atoms with Crippen molar-refractivity contribution in [3.8, 4) is 0 Å². The Kier molecular flexibility index (Phi) is 5.05. The second kappa shape index (κ2) is 6.82. The van der Waals surface area contributed by atoms with E-state index >= 15 is 0 Å². The first-order chi connectivity index (χ1) is 10.9. The molecule has 0 bridgehead atoms. The van der Waals surface area contributed by atoms with E-state index < -0.39 is 23.6 Å². The van der Waals surface area contributed by atoms with Gasteiger partial charge in [0.05, 0.1) is 6.61 Å². The lowest BCUT2D eigenvalue weighted by atomic mass is 10.2. The van der Waals surface area contributed by atoms with Crippen LogP contribution in [-0.4, -0.2) is 47.5 Å². The monoisotopic (exact) mass is 337 g/mol. The first kappa shape index (κ1) is 17.0. The van der Waals surface area contributed by atoms with Crippen molar-refractivity contribution in [2.75, 3.05) is 19.0 Å². The lowest BCUT2D eigenvalue weighted by Crippen LogP contribution is -2.35. The summed E-state index contributed by atoms with van der Waals surface area (Å²) in [6.45, 7) is 6.75. The van der Waals surface area contributed by atoms with E-state index in [1.54, 1.807) is 13.8 Å². The third-order valence-corrected chi connectivity index (χ3v) is 4.34. The Hall–Kier alpha value is -2.35. The number of carbonyl (C=O) groups excluding carboxylic acids is 4. The molecule has 0 spiro atoms. The maximum atomic E-state index is 12.2. The molecule has 0 atom stereocenters. The van der Waals surface area contributed by atoms with Crippen LogP contribution in [0.15, 0.2) is 34.5 Å². The quantitative estimate of drug-likeness (QED) is 0.319. The minimum Gasteiger partial charge on any atom is -0.462 e. The van der Waals surface area contributed by atoms with E-state index in [1.165, 1.54) is 6.08 Å². The standard InChI is InChI=1S/C15H15NO6S/c1-4-6-22-15(20)10-8(3)7-23-13-9(14(19)21-5-2)11(17)12(18)16(10)13/h4H,1,5-7H2,2-3H3. The summed E-state index contributed by atoms with van der Waals surface area (Å²) >= 11 is 1.13. The lowest BCUT2D eigenvalue weighted by Gasteiger charge is -2.27. The molecule has 0 saturated heterocycles. The van der Waals surface area contributed by atoms with Crippen LogP contribution in [0.2, 0.25) is 0 Å². The molecule has 2 aliphatic rings. The lowest BCUT2D eigenvalue weighted by molar-refractivity contribution is -0.145. The highest BCUT2D eigenvalue weighted by atomic mass is 32.2. The Balaban J connectivity index is 2.46. The summed E-state index contributed by atoms with van der Waals surface area (Å²) in [6.07, 6.45) is 1.39. The number of ketones is 1. The summed E-state index contributed by atoms with van der Waals surface area (Å²) in [7, 11) is 0. The smallest absolute Gasteiger partial charge is 0.355 e. The molecular formula is C15H15NO6S. The molecule has 0 radical (unpaired) electrons. The summed E-state index contributed by atoms with van der Waals surface area (Å²) in [6, 6.07) is 0. The van der Waals surface area contributed by atoms with Gasteiger partial charge in [-0.2, -0.15) is 0 Å². The molecule has 0 saturated carbocycles. The Morgan fingerprint density at radius 2 is 2.00 bits per heavy atom. The van der Waals surface area contributed by atoms with Crippen molar-refractivity contribution in [2.45, 2.75) is 13.8 Å². The number of fused-ring (bicyclic) bond motifs is 1. The molecule has 2 aliphatic heterocycles. The van der Waals surface area contributed by atoms with E-state index in [2.05, 4.69) is 6.58 Å². The summed E-state index contributed by atoms with van der Waals surface area (Å²) in [4.78, 5) is 49.4. The van der Waals surface area contributed by atoms with Crippen molar-refractivity contribution < 1.29 is 28.7 Å². The molecule has 0 aromatic carbocycles. The van der Waals surface area contributed by atoms with Crippen molar-refractivity contribution in [1.29, 1.82) is 0 Å². The first-order valence-corrected chi connectivity index (χ1v) is 7.83. The SMILES string of the molecule is C=CCOC(=O)C1=C(C)CSC2=C(C(=O)OCC)C(=O)C(=O)N21. The summed E-state index contributed by atoms with van der Waals surface area (Å²) in [5.41, 5.74) is 0.223. The molecule has 1 amide bonds. The molecule has 2 rings (SSSR count). The van der Waals surface area contributed by atoms with Crippen molar-refractivity contribution >= 4 is 35.4 Å². The summed E-state index contributed by atoms with van der Waals surface area (Å²) in [5.74, 6) is -3.19. The van der Waals surface area contributed by atoms with Gasteiger partial charge in [-0.3, -0.25) is 14.5 Å². The van der Waals surface area contributed by atoms with Gasteiger partial charge in [0.15, 0.2) is 0 Å². The Labute approximate surface area is 137 Å². The van der Waals surface area contributed by atoms with E-state index in [0.29, 0.717) is 11.3 Å². The molecule has 0 fully saturated rings. The van der Waals surface area contributed by atoms with Crippen LogP contribution in [0.1, 0.15) is 13.8 Å². The number of carbonyl (C=O) groups is 4. The van der Waals surface area contributed by atoms with Crippen molar-refractivity contribution in [1.82, 2.24) is 4.90 Å². The predicted octanol–water partition coefficient (Wildman–Crippen LogP) is 0.922. The normalized spacial score (nSPS) is 17.4. The van der Waals surface area contributed by atoms with Crippen LogP contribution in [0.3, 0.4) is 0 Å². The predicted molar refractivity (Wildman–Crippen MR) is 81.8 cm³/mol. The van der Waals surface area contributed by atoms with Crippen LogP contribution in [0.5, 0.6) is 0 Å². The topological polar surface area (TPSA) is 90.0 Å². The maximum absolute atomic E-state index is 12.2. The van der Waals surface area contributed by atoms with E-state index in [4.69, 9.17) is 9.47 Å². The average molecular weight is 337 g/mol. The molecule has 7 nitrogen and oxygen atoms in total. The molecule has 2 heterocycles. The van der Waals surface area contributed by atoms with Crippen LogP contribution in [0.25, 0.3) is 0 Å². The molecule has 122 valence electrons. The highest BCUT2D eigenvalue weighted by Crippen LogP contribution is 2.41. The van der Waals surface area contributed by atoms with Gasteiger partial charge in [0.25, 0.3) is 5.78 Å². The Morgan fingerprint density at radius 3 is 2.61 bits per heavy atom. The zero-order valence-electron chi connectivity index (χ0n) is 12.7. The van der Waals surface area contributed by atoms with Gasteiger partial charge in [0, 0.05) is 5.75 Å². The molecule has 0 aromatic heterocycles. The van der Waals surface area contributed by atoms with Crippen LogP contribution in [0, 0.1) is 0 Å². The third-order valence-electron chi connectivity index (χ3n) is 3.10. The second-order valence-electron chi connectivity index (χ2n) is 4.68. The van der Waals surface area contributed by atoms with Crippen molar-refractivity contribution in [2.24, 2.45) is 0 Å². The Bertz CT molecular complexity index is 675. The molecule has 0 aromatic rings. The van der Waals surface area contributed by atoms with Gasteiger partial charge >= 0.3 is 17.8 Å². The van der Waals surface area contributed by atoms with Gasteiger partial charge in [0.2, 0.25) is 0 Å². The molecular weight excluding hydrogens is 322 g/mol. The van der Waals surface area contributed by atoms with E-state index in [9.17, 15) is 19.2 Å². The molecule has 0 aliphatic carbocycles. The number of thioether (sulfide) groups is 1. The van der Waals surface area contributed by atoms with Gasteiger partial charge in [-0.25, -0.2) is 9.59 Å². The fourth-order valence-electron chi connectivity index (χ4n) is 2.14. The average Bonchev–Trinajstić information content (AvgIpc) is 2.77. The zero-order valence-corrected chi connectivity index (χ0v) is 13.5. The number of Topliss-reactive ketones (excluding diaryl/α,β-unsaturated/α-hetero) is 1. The molecule has 0 unspecified atom stereocenters. The second-order valence-corrected chi connectivity index (χ2v) is 5.64. The number of hydrogen-bond donors (Lipinski definition) is 0. The van der Waals surface area contributed by atoms with E-state index in [-0.39, 0.29) is 29.5 Å². The fraction of sp³-hybridized carbons (Fsp3) is 0.333. The molecule has 23 heavy (non-hydrogen) atoms. The highest BCUT2D eigenvalue weighted by Gasteiger charge is 2.48. The highest BCUT2D eigenvalue weighted by molar-refractivity contribution is 8.03. The zero-order chi connectivity index (χ0) is 17.1. The number of rotatable bonds is 5.